The van der Waals surface area contributed by atoms with Crippen molar-refractivity contribution in [1.82, 2.24) is 5.32 Å². The van der Waals surface area contributed by atoms with Crippen LogP contribution in [0.25, 0.3) is 0 Å². The third-order valence-electron chi connectivity index (χ3n) is 3.39. The summed E-state index contributed by atoms with van der Waals surface area (Å²) in [6.45, 7) is 9.29. The molecule has 4 nitrogen and oxygen atoms in total. The first-order valence-electron chi connectivity index (χ1n) is 6.40. The molecule has 0 bridgehead atoms. The highest BCUT2D eigenvalue weighted by Gasteiger charge is 2.23. The van der Waals surface area contributed by atoms with Gasteiger partial charge in [-0.15, -0.1) is 0 Å². The molecule has 0 aliphatic carbocycles. The third kappa shape index (κ3) is 8.16. The van der Waals surface area contributed by atoms with Crippen molar-refractivity contribution in [2.45, 2.75) is 52.6 Å². The summed E-state index contributed by atoms with van der Waals surface area (Å²) < 4.78 is 0. The zero-order valence-corrected chi connectivity index (χ0v) is 11.5. The standard InChI is InChI=1S/C13H27NO3/c1-10(2)13(4,17)9-14-8-7-11(3)5-6-12(15)16/h10-11,14,17H,5-9H2,1-4H3,(H,15,16). The largest absolute Gasteiger partial charge is 0.481 e. The number of aliphatic hydroxyl groups is 1. The number of carboxylic acid groups (broad SMARTS) is 1. The second-order valence-corrected chi connectivity index (χ2v) is 5.51. The van der Waals surface area contributed by atoms with Crippen molar-refractivity contribution in [3.05, 3.63) is 0 Å². The Kier molecular flexibility index (Phi) is 7.39. The Labute approximate surface area is 104 Å². The van der Waals surface area contributed by atoms with Gasteiger partial charge in [0.25, 0.3) is 0 Å². The monoisotopic (exact) mass is 245 g/mol. The van der Waals surface area contributed by atoms with Crippen LogP contribution in [-0.4, -0.2) is 34.9 Å². The first-order valence-corrected chi connectivity index (χ1v) is 6.40. The molecule has 0 amide bonds. The number of aliphatic carboxylic acids is 1. The summed E-state index contributed by atoms with van der Waals surface area (Å²) in [5, 5.41) is 21.8. The maximum absolute atomic E-state index is 10.4. The fourth-order valence-electron chi connectivity index (χ4n) is 1.41. The third-order valence-corrected chi connectivity index (χ3v) is 3.39. The molecular formula is C13H27NO3. The van der Waals surface area contributed by atoms with Crippen molar-refractivity contribution in [1.29, 1.82) is 0 Å². The maximum atomic E-state index is 10.4. The fraction of sp³-hybridized carbons (Fsp3) is 0.923. The lowest BCUT2D eigenvalue weighted by Gasteiger charge is -2.28. The fourth-order valence-corrected chi connectivity index (χ4v) is 1.41. The normalized spacial score (nSPS) is 16.8. The molecule has 0 fully saturated rings. The average Bonchev–Trinajstić information content (AvgIpc) is 2.21. The Morgan fingerprint density at radius 1 is 1.29 bits per heavy atom. The first-order chi connectivity index (χ1) is 7.75. The van der Waals surface area contributed by atoms with E-state index in [1.165, 1.54) is 0 Å². The van der Waals surface area contributed by atoms with Gasteiger partial charge in [0.2, 0.25) is 0 Å². The highest BCUT2D eigenvalue weighted by Crippen LogP contribution is 2.15. The summed E-state index contributed by atoms with van der Waals surface area (Å²) in [7, 11) is 0. The molecule has 17 heavy (non-hydrogen) atoms. The van der Waals surface area contributed by atoms with Crippen LogP contribution in [0.3, 0.4) is 0 Å². The minimum atomic E-state index is -0.729. The first kappa shape index (κ1) is 16.4. The summed E-state index contributed by atoms with van der Waals surface area (Å²) in [5.41, 5.74) is -0.676. The lowest BCUT2D eigenvalue weighted by Crippen LogP contribution is -2.42. The van der Waals surface area contributed by atoms with E-state index in [1.807, 2.05) is 20.8 Å². The molecule has 2 unspecified atom stereocenters. The molecule has 0 saturated heterocycles. The molecule has 2 atom stereocenters. The Bertz CT molecular complexity index is 227. The summed E-state index contributed by atoms with van der Waals surface area (Å²) in [4.78, 5) is 10.4. The van der Waals surface area contributed by atoms with Crippen LogP contribution in [0.15, 0.2) is 0 Å². The Hall–Kier alpha value is -0.610. The van der Waals surface area contributed by atoms with Crippen LogP contribution in [-0.2, 0) is 4.79 Å². The number of hydrogen-bond donors (Lipinski definition) is 3. The minimum absolute atomic E-state index is 0.222. The van der Waals surface area contributed by atoms with E-state index in [1.54, 1.807) is 0 Å². The summed E-state index contributed by atoms with van der Waals surface area (Å²) in [5.74, 6) is -0.102. The van der Waals surface area contributed by atoms with Crippen molar-refractivity contribution in [2.75, 3.05) is 13.1 Å². The van der Waals surface area contributed by atoms with E-state index in [0.29, 0.717) is 12.5 Å². The van der Waals surface area contributed by atoms with Crippen LogP contribution >= 0.6 is 0 Å². The van der Waals surface area contributed by atoms with Crippen molar-refractivity contribution in [3.8, 4) is 0 Å². The molecule has 0 aromatic carbocycles. The molecule has 0 radical (unpaired) electrons. The summed E-state index contributed by atoms with van der Waals surface area (Å²) in [6.07, 6.45) is 1.91. The predicted molar refractivity (Wildman–Crippen MR) is 69.0 cm³/mol. The van der Waals surface area contributed by atoms with E-state index in [2.05, 4.69) is 12.2 Å². The van der Waals surface area contributed by atoms with Gasteiger partial charge in [-0.3, -0.25) is 4.79 Å². The number of carboxylic acids is 1. The van der Waals surface area contributed by atoms with Crippen molar-refractivity contribution in [2.24, 2.45) is 11.8 Å². The highest BCUT2D eigenvalue weighted by atomic mass is 16.4. The van der Waals surface area contributed by atoms with Gasteiger partial charge in [-0.05, 0) is 38.1 Å². The Balaban J connectivity index is 3.60. The maximum Gasteiger partial charge on any atom is 0.303 e. The molecule has 0 heterocycles. The van der Waals surface area contributed by atoms with Gasteiger partial charge in [0.05, 0.1) is 5.60 Å². The molecule has 0 aromatic heterocycles. The van der Waals surface area contributed by atoms with E-state index >= 15 is 0 Å². The zero-order valence-electron chi connectivity index (χ0n) is 11.5. The lowest BCUT2D eigenvalue weighted by atomic mass is 9.92. The quantitative estimate of drug-likeness (QED) is 0.542. The van der Waals surface area contributed by atoms with Gasteiger partial charge in [-0.2, -0.15) is 0 Å². The van der Waals surface area contributed by atoms with Gasteiger partial charge < -0.3 is 15.5 Å². The minimum Gasteiger partial charge on any atom is -0.481 e. The SMILES string of the molecule is CC(CCNCC(C)(O)C(C)C)CCC(=O)O. The number of rotatable bonds is 9. The van der Waals surface area contributed by atoms with E-state index in [-0.39, 0.29) is 12.3 Å². The van der Waals surface area contributed by atoms with Crippen molar-refractivity contribution in [3.63, 3.8) is 0 Å². The van der Waals surface area contributed by atoms with E-state index < -0.39 is 11.6 Å². The number of hydrogen-bond acceptors (Lipinski definition) is 3. The Morgan fingerprint density at radius 3 is 2.35 bits per heavy atom. The van der Waals surface area contributed by atoms with Gasteiger partial charge in [0.1, 0.15) is 0 Å². The van der Waals surface area contributed by atoms with Crippen LogP contribution in [0.2, 0.25) is 0 Å². The average molecular weight is 245 g/mol. The number of carbonyl (C=O) groups is 1. The molecule has 3 N–H and O–H groups in total. The molecular weight excluding hydrogens is 218 g/mol. The second-order valence-electron chi connectivity index (χ2n) is 5.51. The topological polar surface area (TPSA) is 69.6 Å². The van der Waals surface area contributed by atoms with Crippen molar-refractivity contribution < 1.29 is 15.0 Å². The van der Waals surface area contributed by atoms with Crippen LogP contribution in [0.4, 0.5) is 0 Å². The van der Waals surface area contributed by atoms with E-state index in [9.17, 15) is 9.90 Å². The van der Waals surface area contributed by atoms with Crippen molar-refractivity contribution >= 4 is 5.97 Å². The van der Waals surface area contributed by atoms with Crippen LogP contribution < -0.4 is 5.32 Å². The number of nitrogens with one attached hydrogen (secondary N) is 1. The molecule has 0 aromatic rings. The molecule has 0 aliphatic rings. The molecule has 0 saturated carbocycles. The highest BCUT2D eigenvalue weighted by molar-refractivity contribution is 5.66. The van der Waals surface area contributed by atoms with Gasteiger partial charge in [-0.1, -0.05) is 20.8 Å². The zero-order chi connectivity index (χ0) is 13.5. The van der Waals surface area contributed by atoms with Gasteiger partial charge >= 0.3 is 5.97 Å². The molecule has 0 rings (SSSR count). The van der Waals surface area contributed by atoms with Gasteiger partial charge in [-0.25, -0.2) is 0 Å². The van der Waals surface area contributed by atoms with Gasteiger partial charge in [0.15, 0.2) is 0 Å². The smallest absolute Gasteiger partial charge is 0.303 e. The Morgan fingerprint density at radius 2 is 1.88 bits per heavy atom. The molecule has 102 valence electrons. The summed E-state index contributed by atoms with van der Waals surface area (Å²) in [6, 6.07) is 0. The van der Waals surface area contributed by atoms with Crippen LogP contribution in [0.5, 0.6) is 0 Å². The van der Waals surface area contributed by atoms with Crippen LogP contribution in [0.1, 0.15) is 47.0 Å². The van der Waals surface area contributed by atoms with Crippen LogP contribution in [0, 0.1) is 11.8 Å². The van der Waals surface area contributed by atoms with E-state index in [4.69, 9.17) is 5.11 Å². The molecule has 0 aliphatic heterocycles. The molecule has 0 spiro atoms. The van der Waals surface area contributed by atoms with E-state index in [0.717, 1.165) is 19.4 Å². The second kappa shape index (κ2) is 7.67. The van der Waals surface area contributed by atoms with Gasteiger partial charge in [0, 0.05) is 13.0 Å². The molecule has 4 heteroatoms. The predicted octanol–water partition coefficient (Wildman–Crippen LogP) is 1.87. The lowest BCUT2D eigenvalue weighted by molar-refractivity contribution is -0.137. The summed E-state index contributed by atoms with van der Waals surface area (Å²) >= 11 is 0.